The topological polar surface area (TPSA) is 9.23 Å². The highest BCUT2D eigenvalue weighted by Gasteiger charge is 1.99. The van der Waals surface area contributed by atoms with Gasteiger partial charge in [0.25, 0.3) is 0 Å². The van der Waals surface area contributed by atoms with E-state index in [9.17, 15) is 0 Å². The van der Waals surface area contributed by atoms with E-state index in [1.165, 1.54) is 102 Å². The first-order valence-electron chi connectivity index (χ1n) is 12.2. The van der Waals surface area contributed by atoms with Gasteiger partial charge in [0.2, 0.25) is 0 Å². The summed E-state index contributed by atoms with van der Waals surface area (Å²) in [5.41, 5.74) is 1.42. The summed E-state index contributed by atoms with van der Waals surface area (Å²) in [7, 11) is 0. The molecule has 0 unspecified atom stereocenters. The average Bonchev–Trinajstić information content (AvgIpc) is 2.76. The van der Waals surface area contributed by atoms with Crippen LogP contribution in [0.15, 0.2) is 54.6 Å². The lowest BCUT2D eigenvalue weighted by Crippen LogP contribution is -1.88. The maximum Gasteiger partial charge on any atom is 0.127 e. The Balaban J connectivity index is 1.41. The molecule has 0 bridgehead atoms. The average molecular weight is 395 g/mol. The molecule has 1 nitrogen and oxygen atoms in total. The minimum Gasteiger partial charge on any atom is -0.457 e. The highest BCUT2D eigenvalue weighted by atomic mass is 16.5. The van der Waals surface area contributed by atoms with Crippen LogP contribution in [0.2, 0.25) is 0 Å². The van der Waals surface area contributed by atoms with Gasteiger partial charge < -0.3 is 4.74 Å². The molecule has 0 aliphatic rings. The molecule has 0 aliphatic heterocycles. The van der Waals surface area contributed by atoms with Gasteiger partial charge in [-0.05, 0) is 42.7 Å². The molecule has 2 rings (SSSR count). The number of benzene rings is 2. The number of hydrogen-bond acceptors (Lipinski definition) is 1. The molecule has 2 aromatic carbocycles. The molecule has 0 aliphatic carbocycles. The molecule has 0 fully saturated rings. The Labute approximate surface area is 179 Å². The molecule has 160 valence electrons. The molecule has 0 saturated carbocycles. The van der Waals surface area contributed by atoms with Gasteiger partial charge in [0.15, 0.2) is 0 Å². The quantitative estimate of drug-likeness (QED) is 0.243. The van der Waals surface area contributed by atoms with Crippen LogP contribution in [0.25, 0.3) is 0 Å². The SMILES string of the molecule is CCCCCCCCCCCCCCCCc1ccc(Oc2ccccc2)cc1. The molecule has 0 saturated heterocycles. The van der Waals surface area contributed by atoms with E-state index < -0.39 is 0 Å². The van der Waals surface area contributed by atoms with Gasteiger partial charge in [0.1, 0.15) is 11.5 Å². The lowest BCUT2D eigenvalue weighted by molar-refractivity contribution is 0.482. The van der Waals surface area contributed by atoms with E-state index in [0.29, 0.717) is 0 Å². The number of para-hydroxylation sites is 1. The van der Waals surface area contributed by atoms with E-state index in [1.54, 1.807) is 0 Å². The van der Waals surface area contributed by atoms with Gasteiger partial charge in [-0.2, -0.15) is 0 Å². The van der Waals surface area contributed by atoms with Gasteiger partial charge >= 0.3 is 0 Å². The van der Waals surface area contributed by atoms with Gasteiger partial charge in [0.05, 0.1) is 0 Å². The van der Waals surface area contributed by atoms with Crippen LogP contribution in [-0.4, -0.2) is 0 Å². The van der Waals surface area contributed by atoms with E-state index in [-0.39, 0.29) is 0 Å². The molecular weight excluding hydrogens is 352 g/mol. The first kappa shape index (κ1) is 23.5. The van der Waals surface area contributed by atoms with Crippen molar-refractivity contribution in [3.63, 3.8) is 0 Å². The van der Waals surface area contributed by atoms with Crippen LogP contribution >= 0.6 is 0 Å². The number of unbranched alkanes of at least 4 members (excludes halogenated alkanes) is 13. The monoisotopic (exact) mass is 394 g/mol. The van der Waals surface area contributed by atoms with Gasteiger partial charge in [-0.1, -0.05) is 121 Å². The van der Waals surface area contributed by atoms with E-state index >= 15 is 0 Å². The Morgan fingerprint density at radius 1 is 0.483 bits per heavy atom. The summed E-state index contributed by atoms with van der Waals surface area (Å²) < 4.78 is 5.86. The van der Waals surface area contributed by atoms with Crippen molar-refractivity contribution >= 4 is 0 Å². The smallest absolute Gasteiger partial charge is 0.127 e. The summed E-state index contributed by atoms with van der Waals surface area (Å²) in [5, 5.41) is 0. The summed E-state index contributed by atoms with van der Waals surface area (Å²) in [6.07, 6.45) is 21.0. The third kappa shape index (κ3) is 11.7. The van der Waals surface area contributed by atoms with Gasteiger partial charge in [-0.15, -0.1) is 0 Å². The van der Waals surface area contributed by atoms with Crippen molar-refractivity contribution < 1.29 is 4.74 Å². The third-order valence-electron chi connectivity index (χ3n) is 5.72. The van der Waals surface area contributed by atoms with Crippen molar-refractivity contribution in [2.24, 2.45) is 0 Å². The summed E-state index contributed by atoms with van der Waals surface area (Å²) in [6.45, 7) is 2.29. The van der Waals surface area contributed by atoms with E-state index in [4.69, 9.17) is 4.74 Å². The zero-order valence-corrected chi connectivity index (χ0v) is 18.7. The molecule has 29 heavy (non-hydrogen) atoms. The van der Waals surface area contributed by atoms with Crippen LogP contribution in [0.4, 0.5) is 0 Å². The van der Waals surface area contributed by atoms with Crippen molar-refractivity contribution in [1.82, 2.24) is 0 Å². The Morgan fingerprint density at radius 3 is 1.45 bits per heavy atom. The van der Waals surface area contributed by atoms with Gasteiger partial charge in [-0.25, -0.2) is 0 Å². The summed E-state index contributed by atoms with van der Waals surface area (Å²) >= 11 is 0. The predicted molar refractivity (Wildman–Crippen MR) is 127 cm³/mol. The minimum absolute atomic E-state index is 0.896. The Kier molecular flexibility index (Phi) is 13.0. The number of hydrogen-bond donors (Lipinski definition) is 0. The molecule has 0 aromatic heterocycles. The first-order valence-corrected chi connectivity index (χ1v) is 12.2. The van der Waals surface area contributed by atoms with Crippen LogP contribution in [0, 0.1) is 0 Å². The maximum absolute atomic E-state index is 5.86. The fraction of sp³-hybridized carbons (Fsp3) is 0.571. The summed E-state index contributed by atoms with van der Waals surface area (Å²) in [5.74, 6) is 1.81. The second kappa shape index (κ2) is 16.1. The highest BCUT2D eigenvalue weighted by molar-refractivity contribution is 5.32. The summed E-state index contributed by atoms with van der Waals surface area (Å²) in [4.78, 5) is 0. The first-order chi connectivity index (χ1) is 14.4. The lowest BCUT2D eigenvalue weighted by Gasteiger charge is -2.07. The van der Waals surface area contributed by atoms with Crippen molar-refractivity contribution in [2.45, 2.75) is 103 Å². The fourth-order valence-corrected chi connectivity index (χ4v) is 3.87. The van der Waals surface area contributed by atoms with Crippen molar-refractivity contribution in [3.05, 3.63) is 60.2 Å². The molecular formula is C28H42O. The standard InChI is InChI=1S/C28H42O/c1-2-3-4-5-6-7-8-9-10-11-12-13-14-16-19-26-22-24-28(25-23-26)29-27-20-17-15-18-21-27/h15,17-18,20-25H,2-14,16,19H2,1H3. The highest BCUT2D eigenvalue weighted by Crippen LogP contribution is 2.22. The van der Waals surface area contributed by atoms with E-state index in [2.05, 4.69) is 31.2 Å². The van der Waals surface area contributed by atoms with Crippen LogP contribution in [0.5, 0.6) is 11.5 Å². The van der Waals surface area contributed by atoms with Crippen LogP contribution < -0.4 is 4.74 Å². The molecule has 0 heterocycles. The van der Waals surface area contributed by atoms with Crippen LogP contribution in [0.3, 0.4) is 0 Å². The second-order valence-corrected chi connectivity index (χ2v) is 8.41. The van der Waals surface area contributed by atoms with Crippen molar-refractivity contribution in [3.8, 4) is 11.5 Å². The van der Waals surface area contributed by atoms with Crippen LogP contribution in [-0.2, 0) is 6.42 Å². The van der Waals surface area contributed by atoms with E-state index in [1.807, 2.05) is 30.3 Å². The zero-order valence-electron chi connectivity index (χ0n) is 18.7. The molecule has 0 radical (unpaired) electrons. The minimum atomic E-state index is 0.896. The van der Waals surface area contributed by atoms with Crippen LogP contribution in [0.1, 0.15) is 102 Å². The van der Waals surface area contributed by atoms with Gasteiger partial charge in [0, 0.05) is 0 Å². The Bertz CT molecular complexity index is 602. The molecule has 2 aromatic rings. The maximum atomic E-state index is 5.86. The second-order valence-electron chi connectivity index (χ2n) is 8.41. The number of ether oxygens (including phenoxy) is 1. The Hall–Kier alpha value is -1.76. The van der Waals surface area contributed by atoms with Crippen molar-refractivity contribution in [2.75, 3.05) is 0 Å². The molecule has 0 N–H and O–H groups in total. The zero-order chi connectivity index (χ0) is 20.4. The normalized spacial score (nSPS) is 10.9. The molecule has 0 spiro atoms. The Morgan fingerprint density at radius 2 is 0.931 bits per heavy atom. The third-order valence-corrected chi connectivity index (χ3v) is 5.72. The summed E-state index contributed by atoms with van der Waals surface area (Å²) in [6, 6.07) is 18.6. The fourth-order valence-electron chi connectivity index (χ4n) is 3.87. The van der Waals surface area contributed by atoms with Crippen molar-refractivity contribution in [1.29, 1.82) is 0 Å². The number of rotatable bonds is 17. The largest absolute Gasteiger partial charge is 0.457 e. The van der Waals surface area contributed by atoms with E-state index in [0.717, 1.165) is 11.5 Å². The molecule has 0 amide bonds. The molecule has 1 heteroatoms. The molecule has 0 atom stereocenters. The predicted octanol–water partition coefficient (Wildman–Crippen LogP) is 9.50. The van der Waals surface area contributed by atoms with Gasteiger partial charge in [-0.3, -0.25) is 0 Å². The lowest BCUT2D eigenvalue weighted by atomic mass is 10.0. The number of aryl methyl sites for hydroxylation is 1.